The zero-order chi connectivity index (χ0) is 15.7. The van der Waals surface area contributed by atoms with Crippen molar-refractivity contribution in [2.75, 3.05) is 18.1 Å². The SMILES string of the molecule is CCOC(=O)C1(c2ccc(N)c(N)n2)CCC(F)(F)CC1. The molecule has 7 heteroatoms. The molecule has 0 amide bonds. The maximum Gasteiger partial charge on any atom is 0.318 e. The number of halogens is 2. The van der Waals surface area contributed by atoms with Crippen molar-refractivity contribution in [2.45, 2.75) is 43.9 Å². The van der Waals surface area contributed by atoms with E-state index in [0.29, 0.717) is 11.4 Å². The lowest BCUT2D eigenvalue weighted by molar-refractivity contribution is -0.155. The molecular formula is C14H19F2N3O2. The summed E-state index contributed by atoms with van der Waals surface area (Å²) in [6.07, 6.45) is -0.792. The molecular weight excluding hydrogens is 280 g/mol. The Hall–Kier alpha value is -1.92. The second-order valence-corrected chi connectivity index (χ2v) is 5.33. The van der Waals surface area contributed by atoms with Gasteiger partial charge in [0, 0.05) is 12.8 Å². The van der Waals surface area contributed by atoms with Crippen molar-refractivity contribution in [3.05, 3.63) is 17.8 Å². The maximum atomic E-state index is 13.4. The molecule has 116 valence electrons. The fourth-order valence-electron chi connectivity index (χ4n) is 2.63. The molecule has 1 aliphatic carbocycles. The average Bonchev–Trinajstić information content (AvgIpc) is 2.43. The number of rotatable bonds is 3. The van der Waals surface area contributed by atoms with E-state index in [2.05, 4.69) is 4.98 Å². The number of aromatic nitrogens is 1. The molecule has 1 heterocycles. The Kier molecular flexibility index (Phi) is 4.02. The molecule has 0 spiro atoms. The molecule has 1 saturated carbocycles. The van der Waals surface area contributed by atoms with Gasteiger partial charge in [-0.1, -0.05) is 0 Å². The smallest absolute Gasteiger partial charge is 0.318 e. The molecule has 0 saturated heterocycles. The van der Waals surface area contributed by atoms with E-state index in [1.165, 1.54) is 6.07 Å². The molecule has 5 nitrogen and oxygen atoms in total. The van der Waals surface area contributed by atoms with Gasteiger partial charge in [0.15, 0.2) is 0 Å². The number of hydrogen-bond acceptors (Lipinski definition) is 5. The van der Waals surface area contributed by atoms with E-state index in [0.717, 1.165) is 0 Å². The maximum absolute atomic E-state index is 13.4. The molecule has 2 rings (SSSR count). The van der Waals surface area contributed by atoms with Gasteiger partial charge in [-0.15, -0.1) is 0 Å². The fourth-order valence-corrected chi connectivity index (χ4v) is 2.63. The minimum absolute atomic E-state index is 0.0187. The standard InChI is InChI=1S/C14H19F2N3O2/c1-2-21-12(20)13(5-7-14(15,16)8-6-13)10-4-3-9(17)11(18)19-10/h3-4H,2,5-8,17H2,1H3,(H2,18,19). The number of carbonyl (C=O) groups is 1. The van der Waals surface area contributed by atoms with Crippen molar-refractivity contribution >= 4 is 17.5 Å². The van der Waals surface area contributed by atoms with Crippen LogP contribution in [0.3, 0.4) is 0 Å². The molecule has 0 bridgehead atoms. The van der Waals surface area contributed by atoms with Crippen LogP contribution in [-0.2, 0) is 14.9 Å². The van der Waals surface area contributed by atoms with Crippen LogP contribution in [0.25, 0.3) is 0 Å². The second kappa shape index (κ2) is 5.46. The average molecular weight is 299 g/mol. The van der Waals surface area contributed by atoms with Crippen LogP contribution in [0, 0.1) is 0 Å². The molecule has 0 aliphatic heterocycles. The molecule has 1 aromatic rings. The Balaban J connectivity index is 2.41. The topological polar surface area (TPSA) is 91.2 Å². The van der Waals surface area contributed by atoms with Crippen LogP contribution in [0.4, 0.5) is 20.3 Å². The minimum atomic E-state index is -2.75. The van der Waals surface area contributed by atoms with Crippen LogP contribution in [0.2, 0.25) is 0 Å². The number of ether oxygens (including phenoxy) is 1. The minimum Gasteiger partial charge on any atom is -0.465 e. The third-order valence-corrected chi connectivity index (χ3v) is 3.95. The van der Waals surface area contributed by atoms with Gasteiger partial charge in [0.25, 0.3) is 0 Å². The number of nitrogens with two attached hydrogens (primary N) is 2. The van der Waals surface area contributed by atoms with E-state index >= 15 is 0 Å². The van der Waals surface area contributed by atoms with Crippen LogP contribution < -0.4 is 11.5 Å². The first-order chi connectivity index (χ1) is 9.81. The summed E-state index contributed by atoms with van der Waals surface area (Å²) in [5.74, 6) is -3.19. The Morgan fingerprint density at radius 3 is 2.43 bits per heavy atom. The lowest BCUT2D eigenvalue weighted by Crippen LogP contribution is -2.44. The highest BCUT2D eigenvalue weighted by molar-refractivity contribution is 5.83. The van der Waals surface area contributed by atoms with Crippen molar-refractivity contribution in [3.63, 3.8) is 0 Å². The molecule has 0 aromatic carbocycles. The number of alkyl halides is 2. The molecule has 4 N–H and O–H groups in total. The van der Waals surface area contributed by atoms with Gasteiger partial charge >= 0.3 is 5.97 Å². The monoisotopic (exact) mass is 299 g/mol. The van der Waals surface area contributed by atoms with E-state index < -0.39 is 17.3 Å². The number of nitrogen functional groups attached to an aromatic ring is 2. The van der Waals surface area contributed by atoms with E-state index in [1.807, 2.05) is 0 Å². The van der Waals surface area contributed by atoms with Crippen LogP contribution in [0.1, 0.15) is 38.3 Å². The highest BCUT2D eigenvalue weighted by Crippen LogP contribution is 2.46. The number of anilines is 2. The summed E-state index contributed by atoms with van der Waals surface area (Å²) in [6.45, 7) is 1.86. The summed E-state index contributed by atoms with van der Waals surface area (Å²) in [4.78, 5) is 16.5. The first-order valence-corrected chi connectivity index (χ1v) is 6.88. The normalized spacial score (nSPS) is 20.0. The van der Waals surface area contributed by atoms with Crippen molar-refractivity contribution in [1.82, 2.24) is 4.98 Å². The molecule has 21 heavy (non-hydrogen) atoms. The Morgan fingerprint density at radius 1 is 1.29 bits per heavy atom. The highest BCUT2D eigenvalue weighted by atomic mass is 19.3. The van der Waals surface area contributed by atoms with E-state index in [9.17, 15) is 13.6 Å². The summed E-state index contributed by atoms with van der Waals surface area (Å²) in [5, 5.41) is 0. The first-order valence-electron chi connectivity index (χ1n) is 6.88. The fraction of sp³-hybridized carbons (Fsp3) is 0.571. The summed E-state index contributed by atoms with van der Waals surface area (Å²) in [5.41, 5.74) is 10.8. The van der Waals surface area contributed by atoms with Crippen LogP contribution in [0.5, 0.6) is 0 Å². The van der Waals surface area contributed by atoms with Crippen LogP contribution >= 0.6 is 0 Å². The number of hydrogen-bond donors (Lipinski definition) is 2. The molecule has 1 fully saturated rings. The quantitative estimate of drug-likeness (QED) is 0.835. The van der Waals surface area contributed by atoms with E-state index in [1.54, 1.807) is 13.0 Å². The number of carbonyl (C=O) groups excluding carboxylic acids is 1. The van der Waals surface area contributed by atoms with Crippen molar-refractivity contribution in [1.29, 1.82) is 0 Å². The van der Waals surface area contributed by atoms with Gasteiger partial charge in [-0.2, -0.15) is 0 Å². The molecule has 0 unspecified atom stereocenters. The lowest BCUT2D eigenvalue weighted by Gasteiger charge is -2.37. The molecule has 1 aromatic heterocycles. The number of esters is 1. The van der Waals surface area contributed by atoms with Gasteiger partial charge in [-0.25, -0.2) is 13.8 Å². The zero-order valence-corrected chi connectivity index (χ0v) is 11.9. The van der Waals surface area contributed by atoms with Crippen molar-refractivity contribution in [2.24, 2.45) is 0 Å². The third-order valence-electron chi connectivity index (χ3n) is 3.95. The van der Waals surface area contributed by atoms with E-state index in [-0.39, 0.29) is 38.1 Å². The van der Waals surface area contributed by atoms with Crippen LogP contribution in [0.15, 0.2) is 12.1 Å². The van der Waals surface area contributed by atoms with Crippen molar-refractivity contribution < 1.29 is 18.3 Å². The van der Waals surface area contributed by atoms with Gasteiger partial charge in [0.2, 0.25) is 5.92 Å². The van der Waals surface area contributed by atoms with Gasteiger partial charge in [0.05, 0.1) is 18.0 Å². The summed E-state index contributed by atoms with van der Waals surface area (Å²) < 4.78 is 32.0. The third kappa shape index (κ3) is 2.91. The summed E-state index contributed by atoms with van der Waals surface area (Å²) >= 11 is 0. The van der Waals surface area contributed by atoms with E-state index in [4.69, 9.17) is 16.2 Å². The predicted octanol–water partition coefficient (Wildman–Crippen LogP) is 2.26. The highest BCUT2D eigenvalue weighted by Gasteiger charge is 2.50. The summed E-state index contributed by atoms with van der Waals surface area (Å²) in [7, 11) is 0. The first kappa shape index (κ1) is 15.5. The number of nitrogens with zero attached hydrogens (tertiary/aromatic N) is 1. The Morgan fingerprint density at radius 2 is 1.90 bits per heavy atom. The van der Waals surface area contributed by atoms with Gasteiger partial charge in [-0.05, 0) is 31.9 Å². The van der Waals surface area contributed by atoms with Gasteiger partial charge in [0.1, 0.15) is 11.2 Å². The Labute approximate surface area is 121 Å². The molecule has 1 aliphatic rings. The second-order valence-electron chi connectivity index (χ2n) is 5.33. The lowest BCUT2D eigenvalue weighted by atomic mass is 9.70. The zero-order valence-electron chi connectivity index (χ0n) is 11.9. The number of pyridine rings is 1. The Bertz CT molecular complexity index is 539. The largest absolute Gasteiger partial charge is 0.465 e. The molecule has 0 atom stereocenters. The summed E-state index contributed by atoms with van der Waals surface area (Å²) in [6, 6.07) is 3.09. The van der Waals surface area contributed by atoms with Gasteiger partial charge in [-0.3, -0.25) is 4.79 Å². The molecule has 0 radical (unpaired) electrons. The predicted molar refractivity (Wildman–Crippen MR) is 74.8 cm³/mol. The van der Waals surface area contributed by atoms with Crippen molar-refractivity contribution in [3.8, 4) is 0 Å². The van der Waals surface area contributed by atoms with Crippen LogP contribution in [-0.4, -0.2) is 23.5 Å². The van der Waals surface area contributed by atoms with Gasteiger partial charge < -0.3 is 16.2 Å².